The number of ether oxygens (including phenoxy) is 1. The molecule has 9 heteroatoms. The lowest BCUT2D eigenvalue weighted by Crippen LogP contribution is -2.45. The molecule has 1 amide bonds. The average Bonchev–Trinajstić information content (AvgIpc) is 2.94. The molecular formula is C29H42F2N4O3. The van der Waals surface area contributed by atoms with E-state index >= 15 is 0 Å². The van der Waals surface area contributed by atoms with Crippen LogP contribution in [0, 0.1) is 0 Å². The Morgan fingerprint density at radius 3 is 2.66 bits per heavy atom. The second kappa shape index (κ2) is 16.2. The van der Waals surface area contributed by atoms with Gasteiger partial charge in [0.1, 0.15) is 17.7 Å². The number of fused-ring (bicyclic) bond motifs is 1. The Hall–Kier alpha value is -2.88. The zero-order valence-electron chi connectivity index (χ0n) is 23.1. The molecule has 2 unspecified atom stereocenters. The first-order valence-electron chi connectivity index (χ1n) is 13.3. The van der Waals surface area contributed by atoms with Gasteiger partial charge in [0, 0.05) is 24.2 Å². The predicted molar refractivity (Wildman–Crippen MR) is 148 cm³/mol. The van der Waals surface area contributed by atoms with Crippen LogP contribution in [-0.2, 0) is 4.79 Å². The monoisotopic (exact) mass is 532 g/mol. The summed E-state index contributed by atoms with van der Waals surface area (Å²) in [4.78, 5) is 18.8. The molecule has 3 N–H and O–H groups in total. The van der Waals surface area contributed by atoms with Crippen LogP contribution in [0.15, 0.2) is 54.1 Å². The smallest absolute Gasteiger partial charge is 0.238 e. The summed E-state index contributed by atoms with van der Waals surface area (Å²) >= 11 is 0. The average molecular weight is 533 g/mol. The normalized spacial score (nSPS) is 16.9. The molecule has 2 aromatic rings. The highest BCUT2D eigenvalue weighted by Gasteiger charge is 2.21. The largest absolute Gasteiger partial charge is 0.497 e. The fraction of sp³-hybridized carbons (Fsp3) is 0.517. The number of rotatable bonds is 11. The Morgan fingerprint density at radius 1 is 1.29 bits per heavy atom. The van der Waals surface area contributed by atoms with Crippen molar-refractivity contribution in [3.05, 3.63) is 59.7 Å². The van der Waals surface area contributed by atoms with Crippen molar-refractivity contribution in [1.29, 1.82) is 0 Å². The summed E-state index contributed by atoms with van der Waals surface area (Å²) in [6.45, 7) is 9.30. The first kappa shape index (κ1) is 31.3. The van der Waals surface area contributed by atoms with E-state index in [1.165, 1.54) is 13.8 Å². The van der Waals surface area contributed by atoms with Crippen molar-refractivity contribution < 1.29 is 23.4 Å². The maximum atomic E-state index is 13.9. The molecule has 1 aliphatic rings. The minimum atomic E-state index is -1.25. The second-order valence-corrected chi connectivity index (χ2v) is 9.14. The molecule has 1 aliphatic heterocycles. The Morgan fingerprint density at radius 2 is 2.00 bits per heavy atom. The molecule has 1 aromatic carbocycles. The quantitative estimate of drug-likeness (QED) is 0.354. The summed E-state index contributed by atoms with van der Waals surface area (Å²) in [5, 5.41) is 17.5. The Bertz CT molecular complexity index is 1080. The zero-order chi connectivity index (χ0) is 28.1. The van der Waals surface area contributed by atoms with E-state index in [0.29, 0.717) is 6.42 Å². The Labute approximate surface area is 225 Å². The van der Waals surface area contributed by atoms with Gasteiger partial charge in [-0.15, -0.1) is 0 Å². The number of carbonyl (C=O) groups is 1. The number of nitrogens with zero attached hydrogens (tertiary/aromatic N) is 2. The SMILES string of the molecule is CC.COc1ccc2nccc(C(O)CCN3CCC(NCC(=O)N/C(C)=C(F)/C=C\C(C)F)CC3)c2c1. The van der Waals surface area contributed by atoms with Crippen molar-refractivity contribution in [2.75, 3.05) is 33.3 Å². The first-order chi connectivity index (χ1) is 18.3. The molecule has 1 saturated heterocycles. The highest BCUT2D eigenvalue weighted by Crippen LogP contribution is 2.28. The minimum absolute atomic E-state index is 0.0625. The van der Waals surface area contributed by atoms with Crippen LogP contribution < -0.4 is 15.4 Å². The molecule has 0 aliphatic carbocycles. The molecule has 1 aromatic heterocycles. The van der Waals surface area contributed by atoms with Crippen LogP contribution in [0.2, 0.25) is 0 Å². The van der Waals surface area contributed by atoms with Gasteiger partial charge in [-0.2, -0.15) is 0 Å². The number of carbonyl (C=O) groups excluding carboxylic acids is 1. The number of nitrogens with one attached hydrogen (secondary N) is 2. The van der Waals surface area contributed by atoms with Crippen molar-refractivity contribution in [2.24, 2.45) is 0 Å². The minimum Gasteiger partial charge on any atom is -0.497 e. The number of likely N-dealkylation sites (tertiary alicyclic amines) is 1. The molecule has 210 valence electrons. The standard InChI is InChI=1S/C27H36F2N4O3.C2H6/c1-18(28)4-6-24(29)19(2)32-27(35)17-31-20-9-13-33(14-10-20)15-11-26(34)22-8-12-30-25-7-5-21(36-3)16-23(22)25;1-2/h4-8,12,16,18,20,26,31,34H,9-11,13-15,17H2,1-3H3,(H,32,35);1-2H3/b6-4-,24-19-;. The third-order valence-corrected chi connectivity index (χ3v) is 6.39. The zero-order valence-corrected chi connectivity index (χ0v) is 23.1. The molecule has 3 rings (SSSR count). The van der Waals surface area contributed by atoms with Gasteiger partial charge in [0.25, 0.3) is 0 Å². The number of aliphatic hydroxyl groups excluding tert-OH is 1. The lowest BCUT2D eigenvalue weighted by atomic mass is 10.0. The summed E-state index contributed by atoms with van der Waals surface area (Å²) in [6.07, 6.45) is 4.31. The van der Waals surface area contributed by atoms with Gasteiger partial charge in [-0.25, -0.2) is 8.78 Å². The van der Waals surface area contributed by atoms with E-state index in [-0.39, 0.29) is 24.2 Å². The summed E-state index contributed by atoms with van der Waals surface area (Å²) in [7, 11) is 1.62. The van der Waals surface area contributed by atoms with Crippen molar-refractivity contribution in [3.8, 4) is 5.75 Å². The number of halogens is 2. The maximum Gasteiger partial charge on any atom is 0.238 e. The van der Waals surface area contributed by atoms with Crippen LogP contribution in [0.5, 0.6) is 5.75 Å². The fourth-order valence-corrected chi connectivity index (χ4v) is 4.28. The summed E-state index contributed by atoms with van der Waals surface area (Å²) < 4.78 is 32.0. The van der Waals surface area contributed by atoms with Crippen molar-refractivity contribution in [1.82, 2.24) is 20.5 Å². The number of aliphatic hydroxyl groups is 1. The van der Waals surface area contributed by atoms with Gasteiger partial charge in [0.2, 0.25) is 5.91 Å². The van der Waals surface area contributed by atoms with Crippen molar-refractivity contribution in [2.45, 2.75) is 65.3 Å². The van der Waals surface area contributed by atoms with E-state index in [1.54, 1.807) is 13.3 Å². The molecule has 7 nitrogen and oxygen atoms in total. The maximum absolute atomic E-state index is 13.9. The highest BCUT2D eigenvalue weighted by atomic mass is 19.1. The number of piperidine rings is 1. The molecule has 0 saturated carbocycles. The van der Waals surface area contributed by atoms with Gasteiger partial charge in [-0.3, -0.25) is 9.78 Å². The molecular weight excluding hydrogens is 490 g/mol. The number of pyridine rings is 1. The van der Waals surface area contributed by atoms with Crippen LogP contribution in [0.4, 0.5) is 8.78 Å². The fourth-order valence-electron chi connectivity index (χ4n) is 4.28. The van der Waals surface area contributed by atoms with Crippen molar-refractivity contribution >= 4 is 16.8 Å². The predicted octanol–water partition coefficient (Wildman–Crippen LogP) is 4.98. The lowest BCUT2D eigenvalue weighted by molar-refractivity contribution is -0.119. The van der Waals surface area contributed by atoms with Gasteiger partial charge in [-0.1, -0.05) is 13.8 Å². The third kappa shape index (κ3) is 9.78. The molecule has 2 atom stereocenters. The number of hydrogen-bond donors (Lipinski definition) is 3. The number of amides is 1. The van der Waals surface area contributed by atoms with Crippen LogP contribution in [0.25, 0.3) is 10.9 Å². The van der Waals surface area contributed by atoms with Gasteiger partial charge < -0.3 is 25.4 Å². The molecule has 0 bridgehead atoms. The van der Waals surface area contributed by atoms with E-state index in [2.05, 4.69) is 20.5 Å². The van der Waals surface area contributed by atoms with Crippen LogP contribution in [0.1, 0.15) is 58.6 Å². The molecule has 38 heavy (non-hydrogen) atoms. The number of hydrogen-bond acceptors (Lipinski definition) is 6. The molecule has 0 spiro atoms. The highest BCUT2D eigenvalue weighted by molar-refractivity contribution is 5.83. The van der Waals surface area contributed by atoms with Crippen LogP contribution in [-0.4, -0.2) is 66.4 Å². The number of allylic oxidation sites excluding steroid dienone is 4. The van der Waals surface area contributed by atoms with Gasteiger partial charge >= 0.3 is 0 Å². The van der Waals surface area contributed by atoms with E-state index in [4.69, 9.17) is 4.74 Å². The topological polar surface area (TPSA) is 86.7 Å². The number of aromatic nitrogens is 1. The molecule has 1 fully saturated rings. The Balaban J connectivity index is 0.00000247. The summed E-state index contributed by atoms with van der Waals surface area (Å²) in [5.41, 5.74) is 1.73. The van der Waals surface area contributed by atoms with E-state index < -0.39 is 18.1 Å². The van der Waals surface area contributed by atoms with Crippen LogP contribution >= 0.6 is 0 Å². The third-order valence-electron chi connectivity index (χ3n) is 6.39. The second-order valence-electron chi connectivity index (χ2n) is 9.14. The molecule has 2 heterocycles. The molecule has 0 radical (unpaired) electrons. The lowest BCUT2D eigenvalue weighted by Gasteiger charge is -2.32. The van der Waals surface area contributed by atoms with Gasteiger partial charge in [0.15, 0.2) is 0 Å². The van der Waals surface area contributed by atoms with E-state index in [0.717, 1.165) is 66.8 Å². The van der Waals surface area contributed by atoms with Crippen molar-refractivity contribution in [3.63, 3.8) is 0 Å². The van der Waals surface area contributed by atoms with Crippen LogP contribution in [0.3, 0.4) is 0 Å². The first-order valence-corrected chi connectivity index (χ1v) is 13.3. The van der Waals surface area contributed by atoms with E-state index in [1.807, 2.05) is 38.1 Å². The number of benzene rings is 1. The van der Waals surface area contributed by atoms with E-state index in [9.17, 15) is 18.7 Å². The summed E-state index contributed by atoms with van der Waals surface area (Å²) in [6, 6.07) is 7.70. The number of methoxy groups -OCH3 is 1. The Kier molecular flexibility index (Phi) is 13.3. The van der Waals surface area contributed by atoms with Gasteiger partial charge in [-0.05, 0) is 88.2 Å². The summed E-state index contributed by atoms with van der Waals surface area (Å²) in [5.74, 6) is -0.273. The van der Waals surface area contributed by atoms with Gasteiger partial charge in [0.05, 0.1) is 31.0 Å². The number of alkyl halides is 1.